The number of rotatable bonds is 3. The molecule has 3 N–H and O–H groups in total. The van der Waals surface area contributed by atoms with Gasteiger partial charge in [0.1, 0.15) is 6.04 Å². The van der Waals surface area contributed by atoms with E-state index in [0.29, 0.717) is 0 Å². The van der Waals surface area contributed by atoms with Gasteiger partial charge in [0.25, 0.3) is 5.91 Å². The van der Waals surface area contributed by atoms with Crippen LogP contribution < -0.4 is 11.2 Å². The van der Waals surface area contributed by atoms with Crippen LogP contribution in [-0.4, -0.2) is 25.0 Å². The highest BCUT2D eigenvalue weighted by molar-refractivity contribution is 5.82. The summed E-state index contributed by atoms with van der Waals surface area (Å²) in [6, 6.07) is 5.47. The van der Waals surface area contributed by atoms with E-state index in [1.165, 1.54) is 5.56 Å². The Morgan fingerprint density at radius 3 is 2.32 bits per heavy atom. The molecule has 1 atom stereocenters. The molecular formula is C15H25N3O. The lowest BCUT2D eigenvalue weighted by atomic mass is 9.84. The second-order valence-electron chi connectivity index (χ2n) is 6.17. The van der Waals surface area contributed by atoms with Crippen LogP contribution in [0.25, 0.3) is 0 Å². The molecule has 4 heteroatoms. The zero-order chi connectivity index (χ0) is 14.8. The van der Waals surface area contributed by atoms with E-state index in [4.69, 9.17) is 5.73 Å². The van der Waals surface area contributed by atoms with Gasteiger partial charge in [0.2, 0.25) is 0 Å². The van der Waals surface area contributed by atoms with Gasteiger partial charge in [-0.3, -0.25) is 10.2 Å². The smallest absolute Gasteiger partial charge is 0.255 e. The molecule has 0 aliphatic rings. The number of benzene rings is 1. The van der Waals surface area contributed by atoms with Gasteiger partial charge >= 0.3 is 0 Å². The fourth-order valence-electron chi connectivity index (χ4n) is 1.92. The van der Waals surface area contributed by atoms with E-state index in [1.54, 1.807) is 19.1 Å². The van der Waals surface area contributed by atoms with Gasteiger partial charge in [0.15, 0.2) is 0 Å². The van der Waals surface area contributed by atoms with Crippen LogP contribution in [0.4, 0.5) is 0 Å². The number of aryl methyl sites for hydroxylation is 1. The fourth-order valence-corrected chi connectivity index (χ4v) is 1.92. The van der Waals surface area contributed by atoms with Crippen LogP contribution in [0.15, 0.2) is 18.2 Å². The molecule has 0 saturated heterocycles. The van der Waals surface area contributed by atoms with Crippen molar-refractivity contribution in [1.29, 1.82) is 0 Å². The summed E-state index contributed by atoms with van der Waals surface area (Å²) in [6.45, 7) is 8.49. The van der Waals surface area contributed by atoms with Crippen molar-refractivity contribution in [2.75, 3.05) is 14.1 Å². The number of nitrogens with one attached hydrogen (secondary N) is 1. The number of carbonyl (C=O) groups is 1. The molecule has 1 amide bonds. The van der Waals surface area contributed by atoms with Crippen molar-refractivity contribution in [3.05, 3.63) is 34.9 Å². The van der Waals surface area contributed by atoms with Crippen molar-refractivity contribution in [1.82, 2.24) is 10.4 Å². The molecule has 0 saturated carbocycles. The van der Waals surface area contributed by atoms with E-state index in [9.17, 15) is 4.79 Å². The Morgan fingerprint density at radius 2 is 1.89 bits per heavy atom. The monoisotopic (exact) mass is 263 g/mol. The third-order valence-electron chi connectivity index (χ3n) is 3.09. The number of hydrogen-bond donors (Lipinski definition) is 2. The highest BCUT2D eigenvalue weighted by Gasteiger charge is 2.20. The second-order valence-corrected chi connectivity index (χ2v) is 6.17. The zero-order valence-corrected chi connectivity index (χ0v) is 12.7. The first-order valence-corrected chi connectivity index (χ1v) is 6.47. The minimum atomic E-state index is -0.642. The molecule has 0 aliphatic carbocycles. The predicted octanol–water partition coefficient (Wildman–Crippen LogP) is 1.89. The minimum absolute atomic E-state index is 0.0965. The lowest BCUT2D eigenvalue weighted by Crippen LogP contribution is -2.42. The van der Waals surface area contributed by atoms with Crippen molar-refractivity contribution in [2.45, 2.75) is 39.2 Å². The van der Waals surface area contributed by atoms with E-state index in [1.807, 2.05) is 19.1 Å². The maximum Gasteiger partial charge on any atom is 0.255 e. The number of hydrazine groups is 1. The van der Waals surface area contributed by atoms with E-state index >= 15 is 0 Å². The van der Waals surface area contributed by atoms with Gasteiger partial charge in [-0.25, -0.2) is 5.01 Å². The van der Waals surface area contributed by atoms with Gasteiger partial charge in [-0.15, -0.1) is 0 Å². The Balaban J connectivity index is 3.00. The number of nitrogens with zero attached hydrogens (tertiary/aromatic N) is 1. The van der Waals surface area contributed by atoms with Crippen LogP contribution in [0.3, 0.4) is 0 Å². The van der Waals surface area contributed by atoms with Crippen LogP contribution in [0, 0.1) is 6.92 Å². The van der Waals surface area contributed by atoms with Gasteiger partial charge < -0.3 is 5.73 Å². The molecule has 0 radical (unpaired) electrons. The molecule has 0 aliphatic heterocycles. The van der Waals surface area contributed by atoms with Gasteiger partial charge in [-0.05, 0) is 29.0 Å². The largest absolute Gasteiger partial charge is 0.316 e. The van der Waals surface area contributed by atoms with Crippen molar-refractivity contribution < 1.29 is 4.79 Å². The van der Waals surface area contributed by atoms with Crippen molar-refractivity contribution in [3.8, 4) is 0 Å². The molecule has 1 aromatic rings. The summed E-state index contributed by atoms with van der Waals surface area (Å²) < 4.78 is 0. The third-order valence-corrected chi connectivity index (χ3v) is 3.09. The van der Waals surface area contributed by atoms with Crippen LogP contribution in [0.1, 0.15) is 43.5 Å². The van der Waals surface area contributed by atoms with Crippen LogP contribution in [-0.2, 0) is 10.2 Å². The molecule has 0 heterocycles. The first kappa shape index (κ1) is 15.7. The Morgan fingerprint density at radius 1 is 1.32 bits per heavy atom. The van der Waals surface area contributed by atoms with E-state index < -0.39 is 6.04 Å². The molecule has 19 heavy (non-hydrogen) atoms. The third kappa shape index (κ3) is 4.04. The summed E-state index contributed by atoms with van der Waals surface area (Å²) in [7, 11) is 3.53. The van der Waals surface area contributed by atoms with E-state index in [0.717, 1.165) is 11.1 Å². The number of hydrogen-bond acceptors (Lipinski definition) is 3. The Labute approximate surface area is 115 Å². The fraction of sp³-hybridized carbons (Fsp3) is 0.533. The maximum absolute atomic E-state index is 11.9. The average molecular weight is 263 g/mol. The summed E-state index contributed by atoms with van der Waals surface area (Å²) in [5, 5.41) is 1.60. The van der Waals surface area contributed by atoms with Crippen LogP contribution >= 0.6 is 0 Å². The van der Waals surface area contributed by atoms with Gasteiger partial charge in [0.05, 0.1) is 0 Å². The first-order valence-electron chi connectivity index (χ1n) is 6.47. The Kier molecular flexibility index (Phi) is 4.71. The lowest BCUT2D eigenvalue weighted by Gasteiger charge is -2.22. The first-order chi connectivity index (χ1) is 8.62. The van der Waals surface area contributed by atoms with Crippen molar-refractivity contribution >= 4 is 5.91 Å². The van der Waals surface area contributed by atoms with Gasteiger partial charge in [-0.2, -0.15) is 0 Å². The standard InChI is InChI=1S/C15H25N3O/c1-10-9-11(15(2,3)4)7-8-12(10)13(16)14(19)17-18(5)6/h7-9,13H,16H2,1-6H3,(H,17,19). The normalized spacial score (nSPS) is 13.5. The number of carbonyl (C=O) groups excluding carboxylic acids is 1. The highest BCUT2D eigenvalue weighted by Crippen LogP contribution is 2.26. The molecule has 0 spiro atoms. The van der Waals surface area contributed by atoms with Crippen molar-refractivity contribution in [3.63, 3.8) is 0 Å². The van der Waals surface area contributed by atoms with Crippen LogP contribution in [0.2, 0.25) is 0 Å². The zero-order valence-electron chi connectivity index (χ0n) is 12.7. The van der Waals surface area contributed by atoms with Gasteiger partial charge in [0, 0.05) is 14.1 Å². The Bertz CT molecular complexity index is 461. The lowest BCUT2D eigenvalue weighted by molar-refractivity contribution is -0.126. The Hall–Kier alpha value is -1.39. The SMILES string of the molecule is Cc1cc(C(C)(C)C)ccc1C(N)C(=O)NN(C)C. The summed E-state index contributed by atoms with van der Waals surface area (Å²) in [6.07, 6.45) is 0. The summed E-state index contributed by atoms with van der Waals surface area (Å²) in [5.41, 5.74) is 11.9. The van der Waals surface area contributed by atoms with Crippen molar-refractivity contribution in [2.24, 2.45) is 5.73 Å². The second kappa shape index (κ2) is 5.72. The molecule has 4 nitrogen and oxygen atoms in total. The predicted molar refractivity (Wildman–Crippen MR) is 78.6 cm³/mol. The average Bonchev–Trinajstić information content (AvgIpc) is 2.25. The van der Waals surface area contributed by atoms with E-state index in [-0.39, 0.29) is 11.3 Å². The maximum atomic E-state index is 11.9. The number of nitrogens with two attached hydrogens (primary N) is 1. The molecule has 1 unspecified atom stereocenters. The summed E-state index contributed by atoms with van der Waals surface area (Å²) in [5.74, 6) is -0.198. The molecule has 0 bridgehead atoms. The number of amides is 1. The quantitative estimate of drug-likeness (QED) is 0.819. The molecular weight excluding hydrogens is 238 g/mol. The summed E-state index contributed by atoms with van der Waals surface area (Å²) in [4.78, 5) is 11.9. The van der Waals surface area contributed by atoms with E-state index in [2.05, 4.69) is 32.3 Å². The van der Waals surface area contributed by atoms with Gasteiger partial charge in [-0.1, -0.05) is 39.0 Å². The molecule has 0 aromatic heterocycles. The molecule has 1 rings (SSSR count). The topological polar surface area (TPSA) is 58.4 Å². The highest BCUT2D eigenvalue weighted by atomic mass is 16.2. The minimum Gasteiger partial charge on any atom is -0.316 e. The summed E-state index contributed by atoms with van der Waals surface area (Å²) >= 11 is 0. The molecule has 0 fully saturated rings. The molecule has 1 aromatic carbocycles. The molecule has 106 valence electrons. The van der Waals surface area contributed by atoms with Crippen LogP contribution in [0.5, 0.6) is 0 Å².